The third-order valence-electron chi connectivity index (χ3n) is 4.12. The Bertz CT molecular complexity index is 266. The van der Waals surface area contributed by atoms with Crippen LogP contribution in [0.2, 0.25) is 0 Å². The fraction of sp³-hybridized carbons (Fsp3) is 0.923. The van der Waals surface area contributed by atoms with Gasteiger partial charge in [-0.15, -0.1) is 0 Å². The Labute approximate surface area is 103 Å². The van der Waals surface area contributed by atoms with E-state index >= 15 is 0 Å². The number of rotatable bonds is 4. The summed E-state index contributed by atoms with van der Waals surface area (Å²) in [7, 11) is 0. The highest BCUT2D eigenvalue weighted by Gasteiger charge is 2.45. The first kappa shape index (κ1) is 12.8. The first-order valence-electron chi connectivity index (χ1n) is 6.65. The normalized spacial score (nSPS) is 33.2. The maximum atomic E-state index is 12.2. The topological polar surface area (TPSA) is 47.6 Å². The molecule has 2 heterocycles. The average molecular weight is 241 g/mol. The van der Waals surface area contributed by atoms with E-state index in [1.54, 1.807) is 0 Å². The highest BCUT2D eigenvalue weighted by molar-refractivity contribution is 5.78. The lowest BCUT2D eigenvalue weighted by Crippen LogP contribution is -2.40. The van der Waals surface area contributed by atoms with Gasteiger partial charge in [0.25, 0.3) is 0 Å². The molecular weight excluding hydrogens is 218 g/mol. The molecule has 0 aromatic heterocycles. The van der Waals surface area contributed by atoms with E-state index in [2.05, 4.69) is 19.2 Å². The van der Waals surface area contributed by atoms with Crippen LogP contribution >= 0.6 is 0 Å². The molecule has 2 fully saturated rings. The van der Waals surface area contributed by atoms with Crippen LogP contribution in [0.5, 0.6) is 0 Å². The van der Waals surface area contributed by atoms with Crippen LogP contribution in [0.3, 0.4) is 0 Å². The molecule has 2 aliphatic heterocycles. The van der Waals surface area contributed by atoms with Gasteiger partial charge >= 0.3 is 5.97 Å². The predicted octanol–water partition coefficient (Wildman–Crippen LogP) is 1.34. The molecule has 2 aliphatic rings. The zero-order valence-electron chi connectivity index (χ0n) is 10.8. The van der Waals surface area contributed by atoms with Crippen molar-refractivity contribution in [3.8, 4) is 0 Å². The third-order valence-corrected chi connectivity index (χ3v) is 4.12. The summed E-state index contributed by atoms with van der Waals surface area (Å²) in [6.45, 7) is 7.08. The summed E-state index contributed by atoms with van der Waals surface area (Å²) in [5.41, 5.74) is -0.321. The Morgan fingerprint density at radius 1 is 1.59 bits per heavy atom. The minimum absolute atomic E-state index is 0.0481. The van der Waals surface area contributed by atoms with Crippen molar-refractivity contribution in [1.82, 2.24) is 5.32 Å². The quantitative estimate of drug-likeness (QED) is 0.755. The first-order chi connectivity index (χ1) is 8.15. The molecule has 1 N–H and O–H groups in total. The summed E-state index contributed by atoms with van der Waals surface area (Å²) in [5, 5.41) is 3.27. The summed E-state index contributed by atoms with van der Waals surface area (Å²) in [6.07, 6.45) is 3.10. The van der Waals surface area contributed by atoms with E-state index < -0.39 is 0 Å². The predicted molar refractivity (Wildman–Crippen MR) is 64.7 cm³/mol. The molecule has 2 unspecified atom stereocenters. The second-order valence-corrected chi connectivity index (χ2v) is 5.47. The van der Waals surface area contributed by atoms with Crippen molar-refractivity contribution in [3.63, 3.8) is 0 Å². The van der Waals surface area contributed by atoms with Crippen molar-refractivity contribution in [1.29, 1.82) is 0 Å². The van der Waals surface area contributed by atoms with Gasteiger partial charge in [0.1, 0.15) is 6.61 Å². The molecule has 17 heavy (non-hydrogen) atoms. The second kappa shape index (κ2) is 5.36. The van der Waals surface area contributed by atoms with E-state index in [4.69, 9.17) is 9.47 Å². The minimum Gasteiger partial charge on any atom is -0.462 e. The monoisotopic (exact) mass is 241 g/mol. The van der Waals surface area contributed by atoms with E-state index in [0.717, 1.165) is 39.0 Å². The van der Waals surface area contributed by atoms with Gasteiger partial charge < -0.3 is 14.8 Å². The Hall–Kier alpha value is -0.610. The van der Waals surface area contributed by atoms with Crippen molar-refractivity contribution < 1.29 is 14.3 Å². The largest absolute Gasteiger partial charge is 0.462 e. The number of esters is 1. The lowest BCUT2D eigenvalue weighted by Gasteiger charge is -2.30. The van der Waals surface area contributed by atoms with Crippen LogP contribution < -0.4 is 5.32 Å². The highest BCUT2D eigenvalue weighted by Crippen LogP contribution is 2.35. The van der Waals surface area contributed by atoms with Gasteiger partial charge in [0.2, 0.25) is 0 Å². The van der Waals surface area contributed by atoms with Crippen LogP contribution in [0.15, 0.2) is 0 Å². The van der Waals surface area contributed by atoms with Crippen molar-refractivity contribution in [3.05, 3.63) is 0 Å². The van der Waals surface area contributed by atoms with Gasteiger partial charge in [0, 0.05) is 13.2 Å². The summed E-state index contributed by atoms with van der Waals surface area (Å²) in [6, 6.07) is 0. The molecule has 0 saturated carbocycles. The molecule has 2 atom stereocenters. The molecule has 98 valence electrons. The maximum absolute atomic E-state index is 12.2. The van der Waals surface area contributed by atoms with E-state index in [1.807, 2.05) is 0 Å². The van der Waals surface area contributed by atoms with Gasteiger partial charge in [-0.25, -0.2) is 0 Å². The molecule has 4 nitrogen and oxygen atoms in total. The Morgan fingerprint density at radius 2 is 2.41 bits per heavy atom. The highest BCUT2D eigenvalue weighted by atomic mass is 16.6. The van der Waals surface area contributed by atoms with Crippen LogP contribution in [-0.2, 0) is 14.3 Å². The van der Waals surface area contributed by atoms with Crippen molar-refractivity contribution >= 4 is 5.97 Å². The zero-order chi connectivity index (χ0) is 12.3. The van der Waals surface area contributed by atoms with Crippen LogP contribution in [0.1, 0.15) is 33.1 Å². The Kier molecular flexibility index (Phi) is 4.05. The molecule has 0 aromatic carbocycles. The molecule has 2 rings (SSSR count). The molecular formula is C13H23NO3. The number of nitrogens with one attached hydrogen (secondary N) is 1. The summed E-state index contributed by atoms with van der Waals surface area (Å²) < 4.78 is 10.9. The number of hydrogen-bond acceptors (Lipinski definition) is 4. The summed E-state index contributed by atoms with van der Waals surface area (Å²) in [4.78, 5) is 12.2. The average Bonchev–Trinajstić information content (AvgIpc) is 2.97. The second-order valence-electron chi connectivity index (χ2n) is 5.47. The molecule has 0 amide bonds. The fourth-order valence-electron chi connectivity index (χ4n) is 2.70. The first-order valence-corrected chi connectivity index (χ1v) is 6.65. The molecule has 0 spiro atoms. The van der Waals surface area contributed by atoms with Crippen molar-refractivity contribution in [2.45, 2.75) is 39.2 Å². The summed E-state index contributed by atoms with van der Waals surface area (Å²) >= 11 is 0. The number of hydrogen-bond donors (Lipinski definition) is 1. The van der Waals surface area contributed by atoms with Gasteiger partial charge in [-0.1, -0.05) is 13.8 Å². The molecule has 0 radical (unpaired) electrons. The SMILES string of the molecule is CC(C)C1(C(=O)OCC2CCCO2)CCNC1. The van der Waals surface area contributed by atoms with E-state index in [1.165, 1.54) is 0 Å². The lowest BCUT2D eigenvalue weighted by molar-refractivity contribution is -0.160. The number of carbonyl (C=O) groups is 1. The van der Waals surface area contributed by atoms with Crippen LogP contribution in [-0.4, -0.2) is 38.4 Å². The van der Waals surface area contributed by atoms with Gasteiger partial charge in [0.15, 0.2) is 0 Å². The van der Waals surface area contributed by atoms with Crippen molar-refractivity contribution in [2.24, 2.45) is 11.3 Å². The lowest BCUT2D eigenvalue weighted by atomic mass is 9.76. The smallest absolute Gasteiger partial charge is 0.313 e. The molecule has 2 saturated heterocycles. The van der Waals surface area contributed by atoms with Crippen LogP contribution in [0.25, 0.3) is 0 Å². The van der Waals surface area contributed by atoms with Gasteiger partial charge in [-0.3, -0.25) is 4.79 Å². The van der Waals surface area contributed by atoms with Gasteiger partial charge in [0.05, 0.1) is 11.5 Å². The Balaban J connectivity index is 1.88. The molecule has 4 heteroatoms. The molecule has 0 aliphatic carbocycles. The number of carbonyl (C=O) groups excluding carboxylic acids is 1. The fourth-order valence-corrected chi connectivity index (χ4v) is 2.70. The van der Waals surface area contributed by atoms with Gasteiger partial charge in [-0.2, -0.15) is 0 Å². The van der Waals surface area contributed by atoms with E-state index in [0.29, 0.717) is 12.5 Å². The van der Waals surface area contributed by atoms with Crippen molar-refractivity contribution in [2.75, 3.05) is 26.3 Å². The minimum atomic E-state index is -0.321. The number of ether oxygens (including phenoxy) is 2. The van der Waals surface area contributed by atoms with Crippen LogP contribution in [0, 0.1) is 11.3 Å². The standard InChI is InChI=1S/C13H23NO3/c1-10(2)13(5-6-14-9-13)12(15)17-8-11-4-3-7-16-11/h10-11,14H,3-9H2,1-2H3. The maximum Gasteiger partial charge on any atom is 0.313 e. The van der Waals surface area contributed by atoms with E-state index in [-0.39, 0.29) is 17.5 Å². The molecule has 0 aromatic rings. The van der Waals surface area contributed by atoms with Gasteiger partial charge in [-0.05, 0) is 31.7 Å². The zero-order valence-corrected chi connectivity index (χ0v) is 10.8. The Morgan fingerprint density at radius 3 is 2.94 bits per heavy atom. The van der Waals surface area contributed by atoms with E-state index in [9.17, 15) is 4.79 Å². The molecule has 0 bridgehead atoms. The third kappa shape index (κ3) is 2.63. The summed E-state index contributed by atoms with van der Waals surface area (Å²) in [5.74, 6) is 0.266. The van der Waals surface area contributed by atoms with Crippen LogP contribution in [0.4, 0.5) is 0 Å².